The zero-order chi connectivity index (χ0) is 16.8. The number of benzene rings is 1. The van der Waals surface area contributed by atoms with Crippen LogP contribution in [-0.2, 0) is 9.47 Å². The fourth-order valence-corrected chi connectivity index (χ4v) is 2.30. The van der Waals surface area contributed by atoms with Gasteiger partial charge in [-0.25, -0.2) is 4.79 Å². The minimum atomic E-state index is -0.331. The maximum absolute atomic E-state index is 11.6. The highest BCUT2D eigenvalue weighted by molar-refractivity contribution is 5.89. The fraction of sp³-hybridized carbons (Fsp3) is 0.375. The van der Waals surface area contributed by atoms with Gasteiger partial charge in [-0.15, -0.1) is 5.10 Å². The summed E-state index contributed by atoms with van der Waals surface area (Å²) in [6, 6.07) is 7.00. The fourth-order valence-electron chi connectivity index (χ4n) is 2.30. The third kappa shape index (κ3) is 3.96. The van der Waals surface area contributed by atoms with E-state index in [0.29, 0.717) is 37.2 Å². The predicted molar refractivity (Wildman–Crippen MR) is 88.5 cm³/mol. The van der Waals surface area contributed by atoms with Crippen molar-refractivity contribution in [3.8, 4) is 0 Å². The lowest BCUT2D eigenvalue weighted by Crippen LogP contribution is -2.37. The van der Waals surface area contributed by atoms with E-state index < -0.39 is 0 Å². The lowest BCUT2D eigenvalue weighted by molar-refractivity contribution is 0.0526. The molecule has 0 aliphatic carbocycles. The van der Waals surface area contributed by atoms with E-state index in [0.717, 1.165) is 18.8 Å². The number of carbonyl (C=O) groups excluding carboxylic acids is 1. The number of carbonyl (C=O) groups is 1. The van der Waals surface area contributed by atoms with Gasteiger partial charge in [0, 0.05) is 18.8 Å². The first kappa shape index (κ1) is 16.1. The zero-order valence-corrected chi connectivity index (χ0v) is 13.4. The second-order valence-electron chi connectivity index (χ2n) is 5.16. The van der Waals surface area contributed by atoms with E-state index in [1.165, 1.54) is 0 Å². The molecule has 1 fully saturated rings. The second-order valence-corrected chi connectivity index (χ2v) is 5.16. The molecule has 126 valence electrons. The molecule has 1 aliphatic heterocycles. The molecular formula is C16H19N5O3. The summed E-state index contributed by atoms with van der Waals surface area (Å²) in [5.41, 5.74) is 1.31. The number of aromatic nitrogens is 3. The Labute approximate surface area is 139 Å². The number of esters is 1. The van der Waals surface area contributed by atoms with Gasteiger partial charge < -0.3 is 19.7 Å². The van der Waals surface area contributed by atoms with Gasteiger partial charge in [-0.2, -0.15) is 10.1 Å². The van der Waals surface area contributed by atoms with Crippen LogP contribution in [0.2, 0.25) is 0 Å². The van der Waals surface area contributed by atoms with Crippen molar-refractivity contribution < 1.29 is 14.3 Å². The standard InChI is InChI=1S/C16H19N5O3/c1-2-24-15(22)12-3-5-13(6-4-12)18-14-11-17-20-16(19-14)21-7-9-23-10-8-21/h3-6,11H,2,7-10H2,1H3,(H,18,19,20). The van der Waals surface area contributed by atoms with Crippen LogP contribution in [0.5, 0.6) is 0 Å². The smallest absolute Gasteiger partial charge is 0.338 e. The van der Waals surface area contributed by atoms with E-state index in [2.05, 4.69) is 20.5 Å². The molecule has 0 radical (unpaired) electrons. The highest BCUT2D eigenvalue weighted by atomic mass is 16.5. The SMILES string of the molecule is CCOC(=O)c1ccc(Nc2cnnc(N3CCOCC3)n2)cc1. The lowest BCUT2D eigenvalue weighted by Gasteiger charge is -2.26. The Morgan fingerprint density at radius 3 is 2.75 bits per heavy atom. The van der Waals surface area contributed by atoms with Gasteiger partial charge in [-0.3, -0.25) is 0 Å². The summed E-state index contributed by atoms with van der Waals surface area (Å²) in [6.07, 6.45) is 1.56. The van der Waals surface area contributed by atoms with Crippen LogP contribution >= 0.6 is 0 Å². The molecule has 1 N–H and O–H groups in total. The highest BCUT2D eigenvalue weighted by Crippen LogP contribution is 2.17. The summed E-state index contributed by atoms with van der Waals surface area (Å²) in [7, 11) is 0. The average Bonchev–Trinajstić information content (AvgIpc) is 2.63. The van der Waals surface area contributed by atoms with Crippen LogP contribution in [0.4, 0.5) is 17.5 Å². The number of morpholine rings is 1. The Morgan fingerprint density at radius 1 is 1.29 bits per heavy atom. The maximum Gasteiger partial charge on any atom is 0.338 e. The average molecular weight is 329 g/mol. The maximum atomic E-state index is 11.6. The van der Waals surface area contributed by atoms with Crippen LogP contribution in [0.25, 0.3) is 0 Å². The molecule has 0 unspecified atom stereocenters. The Hall–Kier alpha value is -2.74. The van der Waals surface area contributed by atoms with Crippen LogP contribution in [0.15, 0.2) is 30.5 Å². The summed E-state index contributed by atoms with van der Waals surface area (Å²) >= 11 is 0. The van der Waals surface area contributed by atoms with E-state index in [-0.39, 0.29) is 5.97 Å². The molecule has 1 saturated heterocycles. The molecule has 2 heterocycles. The molecule has 0 bridgehead atoms. The van der Waals surface area contributed by atoms with Crippen molar-refractivity contribution in [3.05, 3.63) is 36.0 Å². The molecule has 8 nitrogen and oxygen atoms in total. The number of anilines is 3. The predicted octanol–water partition coefficient (Wildman–Crippen LogP) is 1.63. The normalized spacial score (nSPS) is 14.3. The second kappa shape index (κ2) is 7.69. The van der Waals surface area contributed by atoms with Crippen molar-refractivity contribution in [2.45, 2.75) is 6.92 Å². The monoisotopic (exact) mass is 329 g/mol. The number of hydrogen-bond donors (Lipinski definition) is 1. The van der Waals surface area contributed by atoms with Crippen LogP contribution in [0, 0.1) is 0 Å². The highest BCUT2D eigenvalue weighted by Gasteiger charge is 2.14. The minimum absolute atomic E-state index is 0.331. The van der Waals surface area contributed by atoms with Crippen molar-refractivity contribution in [3.63, 3.8) is 0 Å². The van der Waals surface area contributed by atoms with Crippen molar-refractivity contribution in [1.82, 2.24) is 15.2 Å². The van der Waals surface area contributed by atoms with E-state index in [4.69, 9.17) is 9.47 Å². The van der Waals surface area contributed by atoms with Gasteiger partial charge in [0.25, 0.3) is 0 Å². The van der Waals surface area contributed by atoms with Crippen molar-refractivity contribution in [2.24, 2.45) is 0 Å². The van der Waals surface area contributed by atoms with Gasteiger partial charge in [0.1, 0.15) is 0 Å². The Bertz CT molecular complexity index is 686. The number of hydrogen-bond acceptors (Lipinski definition) is 8. The number of ether oxygens (including phenoxy) is 2. The van der Waals surface area contributed by atoms with Crippen molar-refractivity contribution >= 4 is 23.4 Å². The van der Waals surface area contributed by atoms with Crippen LogP contribution < -0.4 is 10.2 Å². The zero-order valence-electron chi connectivity index (χ0n) is 13.4. The van der Waals surface area contributed by atoms with E-state index in [1.54, 1.807) is 37.4 Å². The summed E-state index contributed by atoms with van der Waals surface area (Å²) in [4.78, 5) is 18.2. The molecule has 0 saturated carbocycles. The molecular weight excluding hydrogens is 310 g/mol. The van der Waals surface area contributed by atoms with Crippen molar-refractivity contribution in [1.29, 1.82) is 0 Å². The molecule has 2 aromatic rings. The van der Waals surface area contributed by atoms with Gasteiger partial charge in [-0.1, -0.05) is 0 Å². The third-order valence-corrected chi connectivity index (χ3v) is 3.51. The molecule has 0 amide bonds. The third-order valence-electron chi connectivity index (χ3n) is 3.51. The first-order valence-corrected chi connectivity index (χ1v) is 7.83. The van der Waals surface area contributed by atoms with E-state index in [1.807, 2.05) is 4.90 Å². The first-order chi connectivity index (χ1) is 11.8. The molecule has 8 heteroatoms. The summed E-state index contributed by atoms with van der Waals surface area (Å²) < 4.78 is 10.3. The van der Waals surface area contributed by atoms with Crippen LogP contribution in [-0.4, -0.2) is 54.1 Å². The van der Waals surface area contributed by atoms with Crippen molar-refractivity contribution in [2.75, 3.05) is 43.1 Å². The van der Waals surface area contributed by atoms with Crippen LogP contribution in [0.3, 0.4) is 0 Å². The van der Waals surface area contributed by atoms with Gasteiger partial charge in [-0.05, 0) is 31.2 Å². The Kier molecular flexibility index (Phi) is 5.17. The summed E-state index contributed by atoms with van der Waals surface area (Å²) in [6.45, 7) is 4.96. The molecule has 3 rings (SSSR count). The largest absolute Gasteiger partial charge is 0.462 e. The van der Waals surface area contributed by atoms with E-state index in [9.17, 15) is 4.79 Å². The Morgan fingerprint density at radius 2 is 2.04 bits per heavy atom. The molecule has 24 heavy (non-hydrogen) atoms. The molecule has 1 aromatic heterocycles. The molecule has 0 atom stereocenters. The van der Waals surface area contributed by atoms with Gasteiger partial charge in [0.15, 0.2) is 5.82 Å². The van der Waals surface area contributed by atoms with Gasteiger partial charge in [0.2, 0.25) is 5.95 Å². The van der Waals surface area contributed by atoms with Gasteiger partial charge in [0.05, 0.1) is 31.6 Å². The Balaban J connectivity index is 1.68. The number of nitrogens with zero attached hydrogens (tertiary/aromatic N) is 4. The number of rotatable bonds is 5. The van der Waals surface area contributed by atoms with E-state index >= 15 is 0 Å². The van der Waals surface area contributed by atoms with Gasteiger partial charge >= 0.3 is 5.97 Å². The number of nitrogens with one attached hydrogen (secondary N) is 1. The molecule has 1 aromatic carbocycles. The molecule has 1 aliphatic rings. The first-order valence-electron chi connectivity index (χ1n) is 7.83. The lowest BCUT2D eigenvalue weighted by atomic mass is 10.2. The van der Waals surface area contributed by atoms with Crippen LogP contribution in [0.1, 0.15) is 17.3 Å². The minimum Gasteiger partial charge on any atom is -0.462 e. The molecule has 0 spiro atoms. The quantitative estimate of drug-likeness (QED) is 0.828. The topological polar surface area (TPSA) is 89.5 Å². The summed E-state index contributed by atoms with van der Waals surface area (Å²) in [5, 5.41) is 11.2. The summed E-state index contributed by atoms with van der Waals surface area (Å²) in [5.74, 6) is 0.837.